The van der Waals surface area contributed by atoms with E-state index in [0.29, 0.717) is 5.75 Å². The molecule has 1 aromatic rings. The van der Waals surface area contributed by atoms with Crippen LogP contribution in [0, 0.1) is 5.82 Å². The number of amides is 1. The molecular weight excluding hydrogens is 209 g/mol. The highest BCUT2D eigenvalue weighted by Crippen LogP contribution is 2.16. The van der Waals surface area contributed by atoms with Gasteiger partial charge in [-0.05, 0) is 25.5 Å². The molecular formula is C12H14FNO2. The average Bonchev–Trinajstić information content (AvgIpc) is 2.14. The number of carbonyl (C=O) groups is 1. The van der Waals surface area contributed by atoms with E-state index in [4.69, 9.17) is 4.74 Å². The van der Waals surface area contributed by atoms with Crippen molar-refractivity contribution in [2.75, 3.05) is 13.1 Å². The Balaban J connectivity index is 1.95. The predicted molar refractivity (Wildman–Crippen MR) is 57.7 cm³/mol. The monoisotopic (exact) mass is 223 g/mol. The second-order valence-electron chi connectivity index (χ2n) is 3.90. The Kier molecular flexibility index (Phi) is 3.08. The summed E-state index contributed by atoms with van der Waals surface area (Å²) in [4.78, 5) is 13.5. The average molecular weight is 223 g/mol. The maximum absolute atomic E-state index is 12.9. The van der Waals surface area contributed by atoms with E-state index in [0.717, 1.165) is 19.5 Å². The van der Waals surface area contributed by atoms with Gasteiger partial charge in [0.15, 0.2) is 6.10 Å². The number of rotatable bonds is 3. The van der Waals surface area contributed by atoms with E-state index in [1.54, 1.807) is 24.0 Å². The van der Waals surface area contributed by atoms with E-state index >= 15 is 0 Å². The van der Waals surface area contributed by atoms with Crippen LogP contribution in [0.4, 0.5) is 4.39 Å². The summed E-state index contributed by atoms with van der Waals surface area (Å²) in [6.45, 7) is 3.29. The van der Waals surface area contributed by atoms with Crippen molar-refractivity contribution in [3.8, 4) is 5.75 Å². The number of likely N-dealkylation sites (tertiary alicyclic amines) is 1. The van der Waals surface area contributed by atoms with Crippen molar-refractivity contribution in [1.29, 1.82) is 0 Å². The maximum atomic E-state index is 12.9. The normalized spacial score (nSPS) is 16.5. The van der Waals surface area contributed by atoms with Crippen molar-refractivity contribution < 1.29 is 13.9 Å². The Morgan fingerprint density at radius 3 is 2.81 bits per heavy atom. The smallest absolute Gasteiger partial charge is 0.263 e. The molecule has 4 heteroatoms. The molecule has 3 nitrogen and oxygen atoms in total. The number of ether oxygens (including phenoxy) is 1. The minimum Gasteiger partial charge on any atom is -0.481 e. The first kappa shape index (κ1) is 10.9. The second kappa shape index (κ2) is 4.51. The van der Waals surface area contributed by atoms with Gasteiger partial charge in [0.1, 0.15) is 11.6 Å². The zero-order valence-electron chi connectivity index (χ0n) is 9.15. The molecule has 86 valence electrons. The lowest BCUT2D eigenvalue weighted by molar-refractivity contribution is -0.141. The molecule has 16 heavy (non-hydrogen) atoms. The van der Waals surface area contributed by atoms with Crippen LogP contribution in [0.15, 0.2) is 24.3 Å². The van der Waals surface area contributed by atoms with Crippen molar-refractivity contribution in [1.82, 2.24) is 4.90 Å². The molecule has 1 saturated heterocycles. The third-order valence-corrected chi connectivity index (χ3v) is 2.62. The Morgan fingerprint density at radius 1 is 1.50 bits per heavy atom. The molecule has 1 amide bonds. The highest BCUT2D eigenvalue weighted by Gasteiger charge is 2.26. The van der Waals surface area contributed by atoms with Crippen LogP contribution in [0.3, 0.4) is 0 Å². The minimum absolute atomic E-state index is 0.0319. The number of carbonyl (C=O) groups excluding carboxylic acids is 1. The van der Waals surface area contributed by atoms with E-state index in [1.165, 1.54) is 12.1 Å². The van der Waals surface area contributed by atoms with Gasteiger partial charge in [0, 0.05) is 19.2 Å². The van der Waals surface area contributed by atoms with Gasteiger partial charge in [-0.3, -0.25) is 4.79 Å². The third kappa shape index (κ3) is 2.32. The largest absolute Gasteiger partial charge is 0.481 e. The van der Waals surface area contributed by atoms with Crippen LogP contribution in [-0.4, -0.2) is 30.0 Å². The highest BCUT2D eigenvalue weighted by atomic mass is 19.1. The Bertz CT molecular complexity index is 390. The predicted octanol–water partition coefficient (Wildman–Crippen LogP) is 1.83. The van der Waals surface area contributed by atoms with Gasteiger partial charge in [-0.15, -0.1) is 0 Å². The van der Waals surface area contributed by atoms with Crippen LogP contribution in [0.5, 0.6) is 5.75 Å². The van der Waals surface area contributed by atoms with E-state index in [1.807, 2.05) is 0 Å². The second-order valence-corrected chi connectivity index (χ2v) is 3.90. The van der Waals surface area contributed by atoms with E-state index in [9.17, 15) is 9.18 Å². The number of halogens is 1. The topological polar surface area (TPSA) is 29.5 Å². The van der Waals surface area contributed by atoms with Crippen LogP contribution < -0.4 is 4.74 Å². The maximum Gasteiger partial charge on any atom is 0.263 e. The fourth-order valence-electron chi connectivity index (χ4n) is 1.59. The van der Waals surface area contributed by atoms with Gasteiger partial charge in [-0.1, -0.05) is 6.07 Å². The molecule has 1 atom stereocenters. The molecule has 1 aliphatic heterocycles. The molecule has 1 heterocycles. The first-order valence-electron chi connectivity index (χ1n) is 5.38. The van der Waals surface area contributed by atoms with Crippen molar-refractivity contribution >= 4 is 5.91 Å². The summed E-state index contributed by atoms with van der Waals surface area (Å²) in [6, 6.07) is 5.82. The lowest BCUT2D eigenvalue weighted by Gasteiger charge is -2.33. The van der Waals surface area contributed by atoms with Gasteiger partial charge < -0.3 is 9.64 Å². The van der Waals surface area contributed by atoms with Crippen LogP contribution in [0.1, 0.15) is 13.3 Å². The Labute approximate surface area is 93.8 Å². The molecule has 1 fully saturated rings. The molecule has 0 N–H and O–H groups in total. The van der Waals surface area contributed by atoms with Crippen LogP contribution >= 0.6 is 0 Å². The molecule has 1 unspecified atom stereocenters. The molecule has 0 aliphatic carbocycles. The number of hydrogen-bond acceptors (Lipinski definition) is 2. The molecule has 0 spiro atoms. The zero-order valence-corrected chi connectivity index (χ0v) is 9.15. The van der Waals surface area contributed by atoms with Gasteiger partial charge >= 0.3 is 0 Å². The first-order valence-corrected chi connectivity index (χ1v) is 5.38. The summed E-state index contributed by atoms with van der Waals surface area (Å²) < 4.78 is 18.3. The third-order valence-electron chi connectivity index (χ3n) is 2.62. The molecule has 0 saturated carbocycles. The van der Waals surface area contributed by atoms with Gasteiger partial charge in [0.05, 0.1) is 0 Å². The molecule has 1 aliphatic rings. The van der Waals surface area contributed by atoms with Crippen molar-refractivity contribution in [2.45, 2.75) is 19.4 Å². The molecule has 1 aromatic carbocycles. The van der Waals surface area contributed by atoms with Crippen molar-refractivity contribution in [3.63, 3.8) is 0 Å². The molecule has 0 aromatic heterocycles. The lowest BCUT2D eigenvalue weighted by Crippen LogP contribution is -2.47. The summed E-state index contributed by atoms with van der Waals surface area (Å²) >= 11 is 0. The summed E-state index contributed by atoms with van der Waals surface area (Å²) in [5, 5.41) is 0. The Hall–Kier alpha value is -1.58. The molecule has 2 rings (SSSR count). The SMILES string of the molecule is CC(Oc1cccc(F)c1)C(=O)N1CCC1. The quantitative estimate of drug-likeness (QED) is 0.782. The Morgan fingerprint density at radius 2 is 2.25 bits per heavy atom. The molecule has 0 bridgehead atoms. The van der Waals surface area contributed by atoms with Crippen molar-refractivity contribution in [2.24, 2.45) is 0 Å². The summed E-state index contributed by atoms with van der Waals surface area (Å²) in [7, 11) is 0. The van der Waals surface area contributed by atoms with Gasteiger partial charge in [-0.25, -0.2) is 4.39 Å². The number of nitrogens with zero attached hydrogens (tertiary/aromatic N) is 1. The minimum atomic E-state index is -0.554. The zero-order chi connectivity index (χ0) is 11.5. The lowest BCUT2D eigenvalue weighted by atomic mass is 10.2. The fourth-order valence-corrected chi connectivity index (χ4v) is 1.59. The van der Waals surface area contributed by atoms with E-state index in [2.05, 4.69) is 0 Å². The van der Waals surface area contributed by atoms with Crippen molar-refractivity contribution in [3.05, 3.63) is 30.1 Å². The van der Waals surface area contributed by atoms with Crippen LogP contribution in [-0.2, 0) is 4.79 Å². The standard InChI is InChI=1S/C12H14FNO2/c1-9(12(15)14-6-3-7-14)16-11-5-2-4-10(13)8-11/h2,4-5,8-9H,3,6-7H2,1H3. The van der Waals surface area contributed by atoms with Gasteiger partial charge in [0.25, 0.3) is 5.91 Å². The number of benzene rings is 1. The van der Waals surface area contributed by atoms with E-state index < -0.39 is 6.10 Å². The number of hydrogen-bond donors (Lipinski definition) is 0. The van der Waals surface area contributed by atoms with Gasteiger partial charge in [-0.2, -0.15) is 0 Å². The van der Waals surface area contributed by atoms with Gasteiger partial charge in [0.2, 0.25) is 0 Å². The summed E-state index contributed by atoms with van der Waals surface area (Å²) in [5.74, 6) is -0.00187. The fraction of sp³-hybridized carbons (Fsp3) is 0.417. The summed E-state index contributed by atoms with van der Waals surface area (Å²) in [5.41, 5.74) is 0. The first-order chi connectivity index (χ1) is 7.66. The van der Waals surface area contributed by atoms with Crippen LogP contribution in [0.2, 0.25) is 0 Å². The highest BCUT2D eigenvalue weighted by molar-refractivity contribution is 5.81. The van der Waals surface area contributed by atoms with Crippen LogP contribution in [0.25, 0.3) is 0 Å². The van der Waals surface area contributed by atoms with E-state index in [-0.39, 0.29) is 11.7 Å². The summed E-state index contributed by atoms with van der Waals surface area (Å²) in [6.07, 6.45) is 0.500. The molecule has 0 radical (unpaired) electrons.